The molecular weight excluding hydrogens is 234 g/mol. The second-order valence-electron chi connectivity index (χ2n) is 3.99. The zero-order valence-corrected chi connectivity index (χ0v) is 10.2. The van der Waals surface area contributed by atoms with Crippen LogP contribution < -0.4 is 4.74 Å². The van der Waals surface area contributed by atoms with Crippen molar-refractivity contribution in [3.05, 3.63) is 30.0 Å². The van der Waals surface area contributed by atoms with Crippen LogP contribution in [0.25, 0.3) is 10.9 Å². The number of methoxy groups -OCH3 is 1. The number of aromatic nitrogens is 1. The highest BCUT2D eigenvalue weighted by Crippen LogP contribution is 2.34. The number of hydrogen-bond acceptors (Lipinski definition) is 4. The van der Waals surface area contributed by atoms with E-state index in [4.69, 9.17) is 4.74 Å². The Morgan fingerprint density at radius 1 is 1.41 bits per heavy atom. The van der Waals surface area contributed by atoms with Gasteiger partial charge in [0, 0.05) is 22.9 Å². The van der Waals surface area contributed by atoms with Crippen LogP contribution in [0.2, 0.25) is 0 Å². The van der Waals surface area contributed by atoms with Crippen LogP contribution in [0.4, 0.5) is 0 Å². The van der Waals surface area contributed by atoms with Gasteiger partial charge in [-0.2, -0.15) is 0 Å². The van der Waals surface area contributed by atoms with Gasteiger partial charge in [0.05, 0.1) is 18.4 Å². The Balaban J connectivity index is 2.27. The monoisotopic (exact) mass is 245 g/mol. The molecule has 0 atom stereocenters. The van der Waals surface area contributed by atoms with Crippen LogP contribution in [-0.2, 0) is 11.2 Å². The second-order valence-corrected chi connectivity index (χ2v) is 5.01. The van der Waals surface area contributed by atoms with E-state index < -0.39 is 0 Å². The maximum absolute atomic E-state index is 11.6. The number of nitrogens with zero attached hydrogens (tertiary/aromatic N) is 1. The van der Waals surface area contributed by atoms with Crippen molar-refractivity contribution in [3.8, 4) is 5.75 Å². The summed E-state index contributed by atoms with van der Waals surface area (Å²) in [5.74, 6) is 1.64. The van der Waals surface area contributed by atoms with Crippen LogP contribution in [0.1, 0.15) is 5.56 Å². The van der Waals surface area contributed by atoms with Crippen LogP contribution in [0.15, 0.2) is 29.3 Å². The van der Waals surface area contributed by atoms with E-state index in [9.17, 15) is 4.79 Å². The molecule has 3 nitrogen and oxygen atoms in total. The lowest BCUT2D eigenvalue weighted by molar-refractivity contribution is -0.116. The number of thioether (sulfide) groups is 1. The molecule has 0 bridgehead atoms. The van der Waals surface area contributed by atoms with Crippen LogP contribution in [0.3, 0.4) is 0 Å². The molecule has 0 spiro atoms. The van der Waals surface area contributed by atoms with Gasteiger partial charge in [0.15, 0.2) is 0 Å². The molecule has 1 aromatic carbocycles. The van der Waals surface area contributed by atoms with E-state index in [1.807, 2.05) is 24.4 Å². The van der Waals surface area contributed by atoms with Gasteiger partial charge in [-0.05, 0) is 23.8 Å². The zero-order valence-electron chi connectivity index (χ0n) is 9.40. The van der Waals surface area contributed by atoms with Gasteiger partial charge in [-0.3, -0.25) is 9.78 Å². The first-order valence-corrected chi connectivity index (χ1v) is 6.36. The fourth-order valence-corrected chi connectivity index (χ4v) is 2.95. The fraction of sp³-hybridized carbons (Fsp3) is 0.231. The molecule has 1 aromatic heterocycles. The Kier molecular flexibility index (Phi) is 2.52. The van der Waals surface area contributed by atoms with Crippen molar-refractivity contribution in [2.75, 3.05) is 12.9 Å². The van der Waals surface area contributed by atoms with Crippen LogP contribution in [0, 0.1) is 0 Å². The SMILES string of the molecule is COc1ccc2ncc3c(c2c1)CC(=O)CS3. The first kappa shape index (κ1) is 10.6. The predicted molar refractivity (Wildman–Crippen MR) is 67.7 cm³/mol. The van der Waals surface area contributed by atoms with Crippen molar-refractivity contribution in [2.45, 2.75) is 11.3 Å². The third kappa shape index (κ3) is 1.78. The van der Waals surface area contributed by atoms with Crippen molar-refractivity contribution in [2.24, 2.45) is 0 Å². The van der Waals surface area contributed by atoms with E-state index >= 15 is 0 Å². The Hall–Kier alpha value is -1.55. The number of ketones is 1. The number of fused-ring (bicyclic) bond motifs is 3. The van der Waals surface area contributed by atoms with Gasteiger partial charge in [0.1, 0.15) is 11.5 Å². The molecule has 0 aliphatic carbocycles. The molecule has 0 saturated carbocycles. The van der Waals surface area contributed by atoms with Gasteiger partial charge < -0.3 is 4.74 Å². The van der Waals surface area contributed by atoms with Gasteiger partial charge in [-0.15, -0.1) is 11.8 Å². The van der Waals surface area contributed by atoms with Crippen LogP contribution >= 0.6 is 11.8 Å². The van der Waals surface area contributed by atoms with Gasteiger partial charge in [0.25, 0.3) is 0 Å². The molecule has 1 aliphatic heterocycles. The van der Waals surface area contributed by atoms with Gasteiger partial charge in [-0.1, -0.05) is 0 Å². The molecule has 1 aliphatic rings. The number of carbonyl (C=O) groups excluding carboxylic acids is 1. The maximum atomic E-state index is 11.6. The Morgan fingerprint density at radius 2 is 2.29 bits per heavy atom. The minimum absolute atomic E-state index is 0.276. The molecule has 0 saturated heterocycles. The third-order valence-electron chi connectivity index (χ3n) is 2.91. The van der Waals surface area contributed by atoms with E-state index in [0.717, 1.165) is 27.1 Å². The number of pyridine rings is 1. The number of hydrogen-bond donors (Lipinski definition) is 0. The molecule has 2 aromatic rings. The smallest absolute Gasteiger partial charge is 0.147 e. The summed E-state index contributed by atoms with van der Waals surface area (Å²) in [4.78, 5) is 17.1. The van der Waals surface area contributed by atoms with E-state index in [0.29, 0.717) is 12.2 Å². The molecule has 2 heterocycles. The standard InChI is InChI=1S/C13H11NO2S/c1-16-9-2-3-12-10(5-9)11-4-8(15)7-17-13(11)6-14-12/h2-3,5-6H,4,7H2,1H3. The maximum Gasteiger partial charge on any atom is 0.147 e. The highest BCUT2D eigenvalue weighted by molar-refractivity contribution is 8.00. The first-order valence-electron chi connectivity index (χ1n) is 5.38. The third-order valence-corrected chi connectivity index (χ3v) is 4.04. The number of ether oxygens (including phenoxy) is 1. The molecule has 0 amide bonds. The number of benzene rings is 1. The van der Waals surface area contributed by atoms with Crippen LogP contribution in [-0.4, -0.2) is 23.6 Å². The number of rotatable bonds is 1. The minimum Gasteiger partial charge on any atom is -0.497 e. The summed E-state index contributed by atoms with van der Waals surface area (Å²) in [7, 11) is 1.64. The molecule has 3 rings (SSSR count). The lowest BCUT2D eigenvalue weighted by Gasteiger charge is -2.16. The van der Waals surface area contributed by atoms with Crippen molar-refractivity contribution >= 4 is 28.4 Å². The predicted octanol–water partition coefficient (Wildman–Crippen LogP) is 2.46. The Bertz CT molecular complexity index is 604. The van der Waals surface area contributed by atoms with Gasteiger partial charge in [-0.25, -0.2) is 0 Å². The highest BCUT2D eigenvalue weighted by Gasteiger charge is 2.19. The summed E-state index contributed by atoms with van der Waals surface area (Å²) >= 11 is 1.57. The van der Waals surface area contributed by atoms with Gasteiger partial charge in [0.2, 0.25) is 0 Å². The lowest BCUT2D eigenvalue weighted by atomic mass is 10.0. The van der Waals surface area contributed by atoms with Gasteiger partial charge >= 0.3 is 0 Å². The molecule has 0 radical (unpaired) electrons. The molecule has 4 heteroatoms. The van der Waals surface area contributed by atoms with Crippen molar-refractivity contribution in [1.82, 2.24) is 4.98 Å². The van der Waals surface area contributed by atoms with Crippen molar-refractivity contribution in [1.29, 1.82) is 0 Å². The first-order chi connectivity index (χ1) is 8.28. The summed E-state index contributed by atoms with van der Waals surface area (Å²) in [6.45, 7) is 0. The summed E-state index contributed by atoms with van der Waals surface area (Å²) in [6, 6.07) is 5.78. The van der Waals surface area contributed by atoms with Crippen LogP contribution in [0.5, 0.6) is 5.75 Å². The highest BCUT2D eigenvalue weighted by atomic mass is 32.2. The second kappa shape index (κ2) is 4.04. The summed E-state index contributed by atoms with van der Waals surface area (Å²) in [5, 5.41) is 1.03. The minimum atomic E-state index is 0.276. The summed E-state index contributed by atoms with van der Waals surface area (Å²) in [6.07, 6.45) is 2.37. The van der Waals surface area contributed by atoms with Crippen molar-refractivity contribution in [3.63, 3.8) is 0 Å². The topological polar surface area (TPSA) is 39.2 Å². The van der Waals surface area contributed by atoms with E-state index in [-0.39, 0.29) is 5.78 Å². The average molecular weight is 245 g/mol. The molecule has 17 heavy (non-hydrogen) atoms. The van der Waals surface area contributed by atoms with E-state index in [2.05, 4.69) is 4.98 Å². The molecular formula is C13H11NO2S. The summed E-state index contributed by atoms with van der Waals surface area (Å²) in [5.41, 5.74) is 2.01. The zero-order chi connectivity index (χ0) is 11.8. The van der Waals surface area contributed by atoms with E-state index in [1.165, 1.54) is 0 Å². The normalized spacial score (nSPS) is 14.8. The molecule has 0 unspecified atom stereocenters. The lowest BCUT2D eigenvalue weighted by Crippen LogP contribution is -2.12. The Morgan fingerprint density at radius 3 is 3.12 bits per heavy atom. The molecule has 0 N–H and O–H groups in total. The number of carbonyl (C=O) groups is 1. The molecule has 0 fully saturated rings. The van der Waals surface area contributed by atoms with Crippen molar-refractivity contribution < 1.29 is 9.53 Å². The summed E-state index contributed by atoms with van der Waals surface area (Å²) < 4.78 is 5.22. The Labute approximate surface area is 103 Å². The quantitative estimate of drug-likeness (QED) is 0.773. The molecule has 86 valence electrons. The largest absolute Gasteiger partial charge is 0.497 e. The number of Topliss-reactive ketones (excluding diaryl/α,β-unsaturated/α-hetero) is 1. The average Bonchev–Trinajstić information content (AvgIpc) is 2.38. The van der Waals surface area contributed by atoms with E-state index in [1.54, 1.807) is 18.9 Å². The fourth-order valence-electron chi connectivity index (χ4n) is 2.05.